The molecule has 1 heterocycles. The highest BCUT2D eigenvalue weighted by Gasteiger charge is 2.17. The molecular formula is C13H15N3O. The summed E-state index contributed by atoms with van der Waals surface area (Å²) in [5.74, 6) is 0.867. The average Bonchev–Trinajstić information content (AvgIpc) is 2.84. The number of fused-ring (bicyclic) bond motifs is 1. The molecule has 0 bridgehead atoms. The number of benzene rings is 1. The predicted molar refractivity (Wildman–Crippen MR) is 71.4 cm³/mol. The Morgan fingerprint density at radius 3 is 3.00 bits per heavy atom. The van der Waals surface area contributed by atoms with Crippen molar-refractivity contribution < 1.29 is 4.74 Å². The van der Waals surface area contributed by atoms with E-state index in [1.165, 1.54) is 0 Å². The van der Waals surface area contributed by atoms with Crippen molar-refractivity contribution in [3.63, 3.8) is 0 Å². The lowest BCUT2D eigenvalue weighted by Gasteiger charge is -2.11. The number of hydrogen-bond acceptors (Lipinski definition) is 4. The van der Waals surface area contributed by atoms with Gasteiger partial charge in [0.15, 0.2) is 0 Å². The SMILES string of the molecule is CN=CC(=CN)c1ccc(OC)c2c1N=CC2. The van der Waals surface area contributed by atoms with E-state index in [9.17, 15) is 0 Å². The van der Waals surface area contributed by atoms with Crippen LogP contribution in [-0.4, -0.2) is 26.6 Å². The summed E-state index contributed by atoms with van der Waals surface area (Å²) in [7, 11) is 3.39. The van der Waals surface area contributed by atoms with Crippen molar-refractivity contribution in [1.29, 1.82) is 0 Å². The molecule has 0 unspecified atom stereocenters. The number of nitrogens with zero attached hydrogens (tertiary/aromatic N) is 2. The molecule has 0 saturated carbocycles. The molecule has 1 aromatic carbocycles. The number of aliphatic imine (C=N–C) groups is 2. The van der Waals surface area contributed by atoms with Crippen molar-refractivity contribution in [2.75, 3.05) is 14.2 Å². The van der Waals surface area contributed by atoms with E-state index in [0.717, 1.165) is 34.6 Å². The molecular weight excluding hydrogens is 214 g/mol. The second kappa shape index (κ2) is 4.82. The van der Waals surface area contributed by atoms with Crippen molar-refractivity contribution in [2.24, 2.45) is 15.7 Å². The highest BCUT2D eigenvalue weighted by atomic mass is 16.5. The number of hydrogen-bond donors (Lipinski definition) is 1. The van der Waals surface area contributed by atoms with Gasteiger partial charge in [0.2, 0.25) is 0 Å². The molecule has 1 aromatic rings. The number of rotatable bonds is 3. The van der Waals surface area contributed by atoms with E-state index >= 15 is 0 Å². The lowest BCUT2D eigenvalue weighted by molar-refractivity contribution is 0.411. The van der Waals surface area contributed by atoms with Gasteiger partial charge in [0.1, 0.15) is 5.75 Å². The summed E-state index contributed by atoms with van der Waals surface area (Å²) in [5, 5.41) is 0. The Hall–Kier alpha value is -2.10. The quantitative estimate of drug-likeness (QED) is 0.805. The van der Waals surface area contributed by atoms with Crippen LogP contribution in [0.25, 0.3) is 5.57 Å². The molecule has 0 aliphatic carbocycles. The summed E-state index contributed by atoms with van der Waals surface area (Å²) < 4.78 is 5.32. The first-order chi connectivity index (χ1) is 8.31. The Labute approximate surface area is 101 Å². The largest absolute Gasteiger partial charge is 0.496 e. The van der Waals surface area contributed by atoms with Crippen LogP contribution in [0.5, 0.6) is 5.75 Å². The van der Waals surface area contributed by atoms with Crippen molar-refractivity contribution in [3.8, 4) is 5.75 Å². The van der Waals surface area contributed by atoms with E-state index in [0.29, 0.717) is 0 Å². The second-order valence-corrected chi connectivity index (χ2v) is 3.67. The second-order valence-electron chi connectivity index (χ2n) is 3.67. The normalized spacial score (nSPS) is 14.4. The van der Waals surface area contributed by atoms with Gasteiger partial charge in [-0.25, -0.2) is 0 Å². The first kappa shape index (κ1) is 11.4. The molecule has 0 amide bonds. The average molecular weight is 229 g/mol. The molecule has 0 spiro atoms. The minimum Gasteiger partial charge on any atom is -0.496 e. The van der Waals surface area contributed by atoms with Crippen molar-refractivity contribution in [2.45, 2.75) is 6.42 Å². The molecule has 2 rings (SSSR count). The molecule has 1 aliphatic heterocycles. The fourth-order valence-corrected chi connectivity index (χ4v) is 1.96. The lowest BCUT2D eigenvalue weighted by atomic mass is 10.0. The van der Waals surface area contributed by atoms with Crippen LogP contribution in [0.15, 0.2) is 28.3 Å². The van der Waals surface area contributed by atoms with Crippen molar-refractivity contribution >= 4 is 23.7 Å². The van der Waals surface area contributed by atoms with Gasteiger partial charge in [-0.15, -0.1) is 0 Å². The zero-order valence-corrected chi connectivity index (χ0v) is 9.97. The first-order valence-corrected chi connectivity index (χ1v) is 5.38. The number of allylic oxidation sites excluding steroid dienone is 1. The van der Waals surface area contributed by atoms with Gasteiger partial charge in [-0.3, -0.25) is 9.98 Å². The molecule has 0 radical (unpaired) electrons. The Bertz CT molecular complexity index is 516. The summed E-state index contributed by atoms with van der Waals surface area (Å²) in [6, 6.07) is 3.90. The van der Waals surface area contributed by atoms with Gasteiger partial charge in [0.05, 0.1) is 12.8 Å². The predicted octanol–water partition coefficient (Wildman–Crippen LogP) is 1.95. The molecule has 1 aliphatic rings. The highest BCUT2D eigenvalue weighted by Crippen LogP contribution is 2.38. The standard InChI is InChI=1S/C13H15N3O/c1-15-8-9(7-14)10-3-4-12(17-2)11-5-6-16-13(10)11/h3-4,6-8H,5,14H2,1-2H3. The van der Waals surface area contributed by atoms with Gasteiger partial charge in [0, 0.05) is 48.8 Å². The van der Waals surface area contributed by atoms with Gasteiger partial charge >= 0.3 is 0 Å². The van der Waals surface area contributed by atoms with Gasteiger partial charge in [-0.05, 0) is 12.1 Å². The third kappa shape index (κ3) is 1.93. The highest BCUT2D eigenvalue weighted by molar-refractivity contribution is 6.12. The molecule has 4 heteroatoms. The van der Waals surface area contributed by atoms with Crippen LogP contribution in [-0.2, 0) is 6.42 Å². The lowest BCUT2D eigenvalue weighted by Crippen LogP contribution is -1.95. The molecule has 0 atom stereocenters. The van der Waals surface area contributed by atoms with Gasteiger partial charge in [-0.2, -0.15) is 0 Å². The van der Waals surface area contributed by atoms with E-state index in [4.69, 9.17) is 10.5 Å². The summed E-state index contributed by atoms with van der Waals surface area (Å²) >= 11 is 0. The molecule has 4 nitrogen and oxygen atoms in total. The zero-order chi connectivity index (χ0) is 12.3. The summed E-state index contributed by atoms with van der Waals surface area (Å²) in [5.41, 5.74) is 9.51. The maximum atomic E-state index is 5.62. The minimum atomic E-state index is 0.799. The maximum Gasteiger partial charge on any atom is 0.124 e. The Morgan fingerprint density at radius 1 is 1.53 bits per heavy atom. The zero-order valence-electron chi connectivity index (χ0n) is 9.97. The summed E-state index contributed by atoms with van der Waals surface area (Å²) in [6.45, 7) is 0. The Kier molecular flexibility index (Phi) is 3.23. The molecule has 0 fully saturated rings. The van der Waals surface area contributed by atoms with Crippen LogP contribution in [0.2, 0.25) is 0 Å². The van der Waals surface area contributed by atoms with Crippen LogP contribution in [0.3, 0.4) is 0 Å². The Balaban J connectivity index is 2.57. The van der Waals surface area contributed by atoms with Crippen LogP contribution in [0.1, 0.15) is 11.1 Å². The Morgan fingerprint density at radius 2 is 2.35 bits per heavy atom. The van der Waals surface area contributed by atoms with Gasteiger partial charge in [0.25, 0.3) is 0 Å². The van der Waals surface area contributed by atoms with E-state index in [1.807, 2.05) is 18.3 Å². The van der Waals surface area contributed by atoms with E-state index in [2.05, 4.69) is 9.98 Å². The smallest absolute Gasteiger partial charge is 0.124 e. The fraction of sp³-hybridized carbons (Fsp3) is 0.231. The third-order valence-corrected chi connectivity index (χ3v) is 2.73. The molecule has 2 N–H and O–H groups in total. The third-order valence-electron chi connectivity index (χ3n) is 2.73. The van der Waals surface area contributed by atoms with Crippen molar-refractivity contribution in [1.82, 2.24) is 0 Å². The summed E-state index contributed by atoms with van der Waals surface area (Å²) in [6.07, 6.45) is 5.96. The molecule has 88 valence electrons. The maximum absolute atomic E-state index is 5.62. The van der Waals surface area contributed by atoms with E-state index < -0.39 is 0 Å². The van der Waals surface area contributed by atoms with Gasteiger partial charge < -0.3 is 10.5 Å². The minimum absolute atomic E-state index is 0.799. The van der Waals surface area contributed by atoms with E-state index in [-0.39, 0.29) is 0 Å². The monoisotopic (exact) mass is 229 g/mol. The molecule has 0 aromatic heterocycles. The fourth-order valence-electron chi connectivity index (χ4n) is 1.96. The van der Waals surface area contributed by atoms with Gasteiger partial charge in [-0.1, -0.05) is 0 Å². The number of ether oxygens (including phenoxy) is 1. The van der Waals surface area contributed by atoms with Crippen molar-refractivity contribution in [3.05, 3.63) is 29.5 Å². The molecule has 0 saturated heterocycles. The number of nitrogens with two attached hydrogens (primary N) is 1. The molecule has 17 heavy (non-hydrogen) atoms. The van der Waals surface area contributed by atoms with Crippen LogP contribution >= 0.6 is 0 Å². The number of methoxy groups -OCH3 is 1. The van der Waals surface area contributed by atoms with Crippen LogP contribution < -0.4 is 10.5 Å². The van der Waals surface area contributed by atoms with Crippen LogP contribution in [0.4, 0.5) is 5.69 Å². The summed E-state index contributed by atoms with van der Waals surface area (Å²) in [4.78, 5) is 8.39. The first-order valence-electron chi connectivity index (χ1n) is 5.38. The van der Waals surface area contributed by atoms with Crippen LogP contribution in [0, 0.1) is 0 Å². The topological polar surface area (TPSA) is 60.0 Å². The van der Waals surface area contributed by atoms with E-state index in [1.54, 1.807) is 26.6 Å².